The highest BCUT2D eigenvalue weighted by molar-refractivity contribution is 6.33. The Kier molecular flexibility index (Phi) is 10.8. The summed E-state index contributed by atoms with van der Waals surface area (Å²) in [5.41, 5.74) is 0. The molecule has 0 rings (SSSR count). The number of unbranched alkanes of at least 4 members (excludes halogenated alkanes) is 4. The van der Waals surface area contributed by atoms with Gasteiger partial charge in [-0.1, -0.05) is 57.3 Å². The van der Waals surface area contributed by atoms with Crippen molar-refractivity contribution in [2.75, 3.05) is 0 Å². The summed E-state index contributed by atoms with van der Waals surface area (Å²) in [4.78, 5) is 0. The van der Waals surface area contributed by atoms with E-state index in [2.05, 4.69) is 13.1 Å². The standard InChI is InChI=1S/C9H24Si2/c1-10-8-6-4-3-5-7-9-11-2/h3-11H2,1-2H3. The Bertz CT molecular complexity index is 56.6. The van der Waals surface area contributed by atoms with Crippen molar-refractivity contribution < 1.29 is 0 Å². The summed E-state index contributed by atoms with van der Waals surface area (Å²) in [6.45, 7) is 4.84. The van der Waals surface area contributed by atoms with Crippen LogP contribution in [0.5, 0.6) is 0 Å². The second-order valence-corrected chi connectivity index (χ2v) is 6.89. The molecular weight excluding hydrogens is 164 g/mol. The van der Waals surface area contributed by atoms with Crippen LogP contribution in [0.25, 0.3) is 0 Å². The van der Waals surface area contributed by atoms with Gasteiger partial charge in [-0.15, -0.1) is 0 Å². The minimum absolute atomic E-state index is 0.377. The maximum absolute atomic E-state index is 2.42. The van der Waals surface area contributed by atoms with Gasteiger partial charge in [0.25, 0.3) is 0 Å². The molecule has 0 unspecified atom stereocenters. The van der Waals surface area contributed by atoms with E-state index < -0.39 is 0 Å². The normalized spacial score (nSPS) is 12.5. The van der Waals surface area contributed by atoms with Crippen LogP contribution in [-0.4, -0.2) is 19.0 Å². The van der Waals surface area contributed by atoms with Crippen LogP contribution < -0.4 is 0 Å². The molecule has 0 spiro atoms. The van der Waals surface area contributed by atoms with Crippen molar-refractivity contribution in [3.63, 3.8) is 0 Å². The van der Waals surface area contributed by atoms with E-state index in [9.17, 15) is 0 Å². The van der Waals surface area contributed by atoms with Crippen LogP contribution >= 0.6 is 0 Å². The summed E-state index contributed by atoms with van der Waals surface area (Å²) in [5.74, 6) is 0. The zero-order valence-corrected chi connectivity index (χ0v) is 11.2. The first-order valence-electron chi connectivity index (χ1n) is 5.41. The van der Waals surface area contributed by atoms with Crippen LogP contribution in [0.4, 0.5) is 0 Å². The van der Waals surface area contributed by atoms with Gasteiger partial charge < -0.3 is 0 Å². The summed E-state index contributed by atoms with van der Waals surface area (Å²) in [7, 11) is 0.754. The van der Waals surface area contributed by atoms with E-state index >= 15 is 0 Å². The summed E-state index contributed by atoms with van der Waals surface area (Å²) in [6.07, 6.45) is 7.62. The van der Waals surface area contributed by atoms with Gasteiger partial charge in [-0.2, -0.15) is 0 Å². The fourth-order valence-corrected chi connectivity index (χ4v) is 3.09. The Labute approximate surface area is 76.8 Å². The molecular formula is C9H24Si2. The lowest BCUT2D eigenvalue weighted by molar-refractivity contribution is 0.654. The molecule has 0 nitrogen and oxygen atoms in total. The quantitative estimate of drug-likeness (QED) is 0.405. The van der Waals surface area contributed by atoms with Gasteiger partial charge in [0.1, 0.15) is 0 Å². The predicted molar refractivity (Wildman–Crippen MR) is 61.5 cm³/mol. The Morgan fingerprint density at radius 3 is 1.36 bits per heavy atom. The molecule has 2 heteroatoms. The molecule has 0 heterocycles. The number of hydrogen-bond acceptors (Lipinski definition) is 0. The molecule has 0 aliphatic heterocycles. The molecule has 0 amide bonds. The predicted octanol–water partition coefficient (Wildman–Crippen LogP) is 2.21. The summed E-state index contributed by atoms with van der Waals surface area (Å²) in [5, 5.41) is 0. The fourth-order valence-electron chi connectivity index (χ4n) is 1.38. The van der Waals surface area contributed by atoms with Crippen molar-refractivity contribution in [3.8, 4) is 0 Å². The summed E-state index contributed by atoms with van der Waals surface area (Å²) in [6, 6.07) is 3.17. The largest absolute Gasteiger partial charge is 0.0748 e. The van der Waals surface area contributed by atoms with Crippen LogP contribution in [0.3, 0.4) is 0 Å². The summed E-state index contributed by atoms with van der Waals surface area (Å²) >= 11 is 0. The van der Waals surface area contributed by atoms with Crippen LogP contribution in [0, 0.1) is 0 Å². The van der Waals surface area contributed by atoms with Crippen LogP contribution in [-0.2, 0) is 0 Å². The Morgan fingerprint density at radius 2 is 1.00 bits per heavy atom. The highest BCUT2D eigenvalue weighted by atomic mass is 28.2. The average molecular weight is 188 g/mol. The topological polar surface area (TPSA) is 0 Å². The maximum atomic E-state index is 2.42. The first-order valence-corrected chi connectivity index (χ1v) is 10.2. The fraction of sp³-hybridized carbons (Fsp3) is 1.00. The van der Waals surface area contributed by atoms with Crippen molar-refractivity contribution >= 4 is 19.0 Å². The lowest BCUT2D eigenvalue weighted by atomic mass is 10.2. The number of hydrogen-bond donors (Lipinski definition) is 0. The molecule has 0 aliphatic rings. The smallest absolute Gasteiger partial charge is 0.0166 e. The van der Waals surface area contributed by atoms with E-state index in [1.807, 2.05) is 0 Å². The third kappa shape index (κ3) is 10.4. The minimum Gasteiger partial charge on any atom is -0.0748 e. The Hall–Kier alpha value is 0.434. The van der Waals surface area contributed by atoms with Crippen molar-refractivity contribution in [1.82, 2.24) is 0 Å². The van der Waals surface area contributed by atoms with E-state index in [0.717, 1.165) is 0 Å². The molecule has 0 aliphatic carbocycles. The zero-order valence-electron chi connectivity index (χ0n) is 8.36. The molecule has 11 heavy (non-hydrogen) atoms. The van der Waals surface area contributed by atoms with Crippen LogP contribution in [0.1, 0.15) is 32.1 Å². The third-order valence-corrected chi connectivity index (χ3v) is 4.62. The van der Waals surface area contributed by atoms with Gasteiger partial charge in [-0.3, -0.25) is 0 Å². The second kappa shape index (κ2) is 10.4. The monoisotopic (exact) mass is 188 g/mol. The molecule has 0 saturated carbocycles. The van der Waals surface area contributed by atoms with Crippen LogP contribution in [0.2, 0.25) is 25.2 Å². The Morgan fingerprint density at radius 1 is 0.636 bits per heavy atom. The lowest BCUT2D eigenvalue weighted by Gasteiger charge is -1.98. The molecule has 0 radical (unpaired) electrons. The zero-order chi connectivity index (χ0) is 8.36. The van der Waals surface area contributed by atoms with Crippen molar-refractivity contribution in [2.45, 2.75) is 57.3 Å². The van der Waals surface area contributed by atoms with Gasteiger partial charge in [0, 0.05) is 19.0 Å². The molecule has 0 bridgehead atoms. The van der Waals surface area contributed by atoms with E-state index in [1.165, 1.54) is 32.1 Å². The molecule has 0 fully saturated rings. The van der Waals surface area contributed by atoms with E-state index in [0.29, 0.717) is 19.0 Å². The average Bonchev–Trinajstić information content (AvgIpc) is 2.03. The van der Waals surface area contributed by atoms with Gasteiger partial charge in [-0.25, -0.2) is 0 Å². The molecule has 0 aromatic carbocycles. The number of rotatable bonds is 8. The van der Waals surface area contributed by atoms with Gasteiger partial charge in [-0.05, 0) is 0 Å². The second-order valence-electron chi connectivity index (χ2n) is 3.47. The first kappa shape index (κ1) is 11.4. The molecule has 0 N–H and O–H groups in total. The SMILES string of the molecule is C[SiH2]CCCCCCC[SiH2]C. The maximum Gasteiger partial charge on any atom is 0.0166 e. The Balaban J connectivity index is 2.69. The van der Waals surface area contributed by atoms with E-state index in [4.69, 9.17) is 0 Å². The molecule has 0 atom stereocenters. The van der Waals surface area contributed by atoms with Gasteiger partial charge in [0.15, 0.2) is 0 Å². The van der Waals surface area contributed by atoms with E-state index in [-0.39, 0.29) is 0 Å². The van der Waals surface area contributed by atoms with Crippen molar-refractivity contribution in [2.24, 2.45) is 0 Å². The van der Waals surface area contributed by atoms with Crippen LogP contribution in [0.15, 0.2) is 0 Å². The van der Waals surface area contributed by atoms with E-state index in [1.54, 1.807) is 12.1 Å². The highest BCUT2D eigenvalue weighted by Gasteiger charge is 1.89. The van der Waals surface area contributed by atoms with Gasteiger partial charge in [0.2, 0.25) is 0 Å². The summed E-state index contributed by atoms with van der Waals surface area (Å²) < 4.78 is 0. The van der Waals surface area contributed by atoms with Gasteiger partial charge >= 0.3 is 0 Å². The van der Waals surface area contributed by atoms with Gasteiger partial charge in [0.05, 0.1) is 0 Å². The van der Waals surface area contributed by atoms with Crippen molar-refractivity contribution in [1.29, 1.82) is 0 Å². The minimum atomic E-state index is 0.377. The molecule has 0 aromatic heterocycles. The molecule has 0 aromatic rings. The molecule has 0 saturated heterocycles. The molecule has 68 valence electrons. The highest BCUT2D eigenvalue weighted by Crippen LogP contribution is 2.06. The first-order chi connectivity index (χ1) is 5.41. The lowest BCUT2D eigenvalue weighted by Crippen LogP contribution is -1.84. The third-order valence-electron chi connectivity index (χ3n) is 2.21. The van der Waals surface area contributed by atoms with Crippen molar-refractivity contribution in [3.05, 3.63) is 0 Å².